The molecule has 0 aliphatic rings. The summed E-state index contributed by atoms with van der Waals surface area (Å²) in [6.45, 7) is 13.5. The zero-order valence-electron chi connectivity index (χ0n) is 12.5. The van der Waals surface area contributed by atoms with E-state index < -0.39 is 0 Å². The first-order chi connectivity index (χ1) is 8.19. The monoisotopic (exact) mass is 251 g/mol. The van der Waals surface area contributed by atoms with Crippen LogP contribution in [0, 0.1) is 25.6 Å². The smallest absolute Gasteiger partial charge is 0.126 e. The lowest BCUT2D eigenvalue weighted by atomic mass is 9.95. The summed E-state index contributed by atoms with van der Waals surface area (Å²) in [5, 5.41) is 3.47. The van der Waals surface area contributed by atoms with Crippen molar-refractivity contribution < 1.29 is 4.39 Å². The van der Waals surface area contributed by atoms with Crippen molar-refractivity contribution in [3.8, 4) is 0 Å². The number of rotatable bonds is 4. The van der Waals surface area contributed by atoms with Gasteiger partial charge in [-0.25, -0.2) is 4.39 Å². The van der Waals surface area contributed by atoms with Crippen LogP contribution in [0.25, 0.3) is 0 Å². The summed E-state index contributed by atoms with van der Waals surface area (Å²) >= 11 is 0. The summed E-state index contributed by atoms with van der Waals surface area (Å²) in [6.07, 6.45) is 0.793. The molecule has 0 fully saturated rings. The van der Waals surface area contributed by atoms with Crippen LogP contribution in [0.1, 0.15) is 44.4 Å². The van der Waals surface area contributed by atoms with Gasteiger partial charge in [0.25, 0.3) is 0 Å². The van der Waals surface area contributed by atoms with Gasteiger partial charge >= 0.3 is 0 Å². The van der Waals surface area contributed by atoms with E-state index in [1.165, 1.54) is 0 Å². The Morgan fingerprint density at radius 2 is 1.83 bits per heavy atom. The van der Waals surface area contributed by atoms with E-state index in [-0.39, 0.29) is 11.4 Å². The molecule has 0 spiro atoms. The fourth-order valence-electron chi connectivity index (χ4n) is 2.11. The van der Waals surface area contributed by atoms with Crippen molar-refractivity contribution in [3.63, 3.8) is 0 Å². The average Bonchev–Trinajstić information content (AvgIpc) is 2.19. The van der Waals surface area contributed by atoms with E-state index in [0.29, 0.717) is 5.92 Å². The molecule has 1 atom stereocenters. The fourth-order valence-corrected chi connectivity index (χ4v) is 2.11. The largest absolute Gasteiger partial charge is 0.312 e. The average molecular weight is 251 g/mol. The van der Waals surface area contributed by atoms with E-state index in [1.807, 2.05) is 13.8 Å². The van der Waals surface area contributed by atoms with Gasteiger partial charge in [-0.15, -0.1) is 0 Å². The molecule has 1 nitrogen and oxygen atoms in total. The van der Waals surface area contributed by atoms with Gasteiger partial charge in [0, 0.05) is 5.54 Å². The van der Waals surface area contributed by atoms with Crippen molar-refractivity contribution in [3.05, 3.63) is 34.6 Å². The Labute approximate surface area is 111 Å². The molecule has 1 aromatic carbocycles. The molecule has 0 aliphatic carbocycles. The van der Waals surface area contributed by atoms with Crippen molar-refractivity contribution in [2.75, 3.05) is 6.54 Å². The first-order valence-electron chi connectivity index (χ1n) is 6.69. The minimum absolute atomic E-state index is 0.0601. The summed E-state index contributed by atoms with van der Waals surface area (Å²) < 4.78 is 13.9. The maximum atomic E-state index is 13.9. The summed E-state index contributed by atoms with van der Waals surface area (Å²) in [5.41, 5.74) is 3.04. The fraction of sp³-hybridized carbons (Fsp3) is 0.625. The van der Waals surface area contributed by atoms with Crippen LogP contribution in [0.4, 0.5) is 4.39 Å². The highest BCUT2D eigenvalue weighted by Crippen LogP contribution is 2.19. The van der Waals surface area contributed by atoms with Gasteiger partial charge in [0.2, 0.25) is 0 Å². The van der Waals surface area contributed by atoms with Crippen LogP contribution in [0.2, 0.25) is 0 Å². The maximum Gasteiger partial charge on any atom is 0.126 e. The van der Waals surface area contributed by atoms with Crippen LogP contribution in [0.5, 0.6) is 0 Å². The Hall–Kier alpha value is -0.890. The van der Waals surface area contributed by atoms with Crippen LogP contribution >= 0.6 is 0 Å². The second kappa shape index (κ2) is 5.83. The first-order valence-corrected chi connectivity index (χ1v) is 6.69. The maximum absolute atomic E-state index is 13.9. The molecule has 1 aromatic rings. The van der Waals surface area contributed by atoms with E-state index >= 15 is 0 Å². The molecule has 18 heavy (non-hydrogen) atoms. The minimum atomic E-state index is -0.0601. The Morgan fingerprint density at radius 1 is 1.22 bits per heavy atom. The van der Waals surface area contributed by atoms with E-state index in [9.17, 15) is 4.39 Å². The topological polar surface area (TPSA) is 12.0 Å². The molecule has 0 saturated heterocycles. The molecule has 0 saturated carbocycles. The molecule has 1 rings (SSSR count). The lowest BCUT2D eigenvalue weighted by Gasteiger charge is -2.24. The normalized spacial score (nSPS) is 13.7. The number of hydrogen-bond acceptors (Lipinski definition) is 1. The van der Waals surface area contributed by atoms with Gasteiger partial charge in [-0.05, 0) is 76.3 Å². The highest BCUT2D eigenvalue weighted by atomic mass is 19.1. The minimum Gasteiger partial charge on any atom is -0.312 e. The van der Waals surface area contributed by atoms with E-state index in [4.69, 9.17) is 0 Å². The van der Waals surface area contributed by atoms with Gasteiger partial charge in [-0.1, -0.05) is 13.0 Å². The summed E-state index contributed by atoms with van der Waals surface area (Å²) in [4.78, 5) is 0. The number of hydrogen-bond donors (Lipinski definition) is 1. The van der Waals surface area contributed by atoms with Crippen molar-refractivity contribution in [2.45, 2.75) is 53.5 Å². The van der Waals surface area contributed by atoms with Gasteiger partial charge < -0.3 is 5.32 Å². The predicted molar refractivity (Wildman–Crippen MR) is 76.5 cm³/mol. The van der Waals surface area contributed by atoms with Gasteiger partial charge in [0.15, 0.2) is 0 Å². The summed E-state index contributed by atoms with van der Waals surface area (Å²) in [6, 6.07) is 3.69. The van der Waals surface area contributed by atoms with Gasteiger partial charge in [-0.3, -0.25) is 0 Å². The van der Waals surface area contributed by atoms with Gasteiger partial charge in [-0.2, -0.15) is 0 Å². The number of benzene rings is 1. The zero-order valence-corrected chi connectivity index (χ0v) is 12.5. The first kappa shape index (κ1) is 15.2. The summed E-state index contributed by atoms with van der Waals surface area (Å²) in [7, 11) is 0. The Kier molecular flexibility index (Phi) is 4.92. The Bertz CT molecular complexity index is 381. The van der Waals surface area contributed by atoms with E-state index in [2.05, 4.69) is 39.1 Å². The van der Waals surface area contributed by atoms with Gasteiger partial charge in [0.05, 0.1) is 0 Å². The standard InChI is InChI=1S/C16H26FN/c1-11-7-13(3)14(15(17)9-11)8-12(2)10-18-16(4,5)6/h7,9,12,18H,8,10H2,1-6H3. The zero-order chi connectivity index (χ0) is 13.9. The van der Waals surface area contributed by atoms with Crippen LogP contribution in [0.3, 0.4) is 0 Å². The molecule has 0 bridgehead atoms. The SMILES string of the molecule is Cc1cc(C)c(CC(C)CNC(C)(C)C)c(F)c1. The second-order valence-corrected chi connectivity index (χ2v) is 6.48. The van der Waals surface area contributed by atoms with Crippen molar-refractivity contribution >= 4 is 0 Å². The molecule has 1 unspecified atom stereocenters. The van der Waals surface area contributed by atoms with Gasteiger partial charge in [0.1, 0.15) is 5.82 Å². The third-order valence-electron chi connectivity index (χ3n) is 3.10. The number of halogens is 1. The quantitative estimate of drug-likeness (QED) is 0.852. The van der Waals surface area contributed by atoms with Crippen LogP contribution < -0.4 is 5.32 Å². The number of nitrogens with one attached hydrogen (secondary N) is 1. The molecule has 0 radical (unpaired) electrons. The van der Waals surface area contributed by atoms with E-state index in [1.54, 1.807) is 6.07 Å². The third kappa shape index (κ3) is 4.77. The molecular formula is C16H26FN. The molecule has 0 amide bonds. The second-order valence-electron chi connectivity index (χ2n) is 6.48. The molecule has 102 valence electrons. The highest BCUT2D eigenvalue weighted by Gasteiger charge is 2.14. The van der Waals surface area contributed by atoms with Crippen LogP contribution in [0.15, 0.2) is 12.1 Å². The Morgan fingerprint density at radius 3 is 2.33 bits per heavy atom. The predicted octanol–water partition coefficient (Wildman–Crippen LogP) is 4.01. The molecule has 0 aromatic heterocycles. The van der Waals surface area contributed by atoms with Crippen LogP contribution in [-0.4, -0.2) is 12.1 Å². The van der Waals surface area contributed by atoms with E-state index in [0.717, 1.165) is 29.7 Å². The summed E-state index contributed by atoms with van der Waals surface area (Å²) in [5.74, 6) is 0.371. The van der Waals surface area contributed by atoms with Crippen molar-refractivity contribution in [1.29, 1.82) is 0 Å². The van der Waals surface area contributed by atoms with Crippen molar-refractivity contribution in [2.24, 2.45) is 5.92 Å². The molecular weight excluding hydrogens is 225 g/mol. The molecule has 0 heterocycles. The lowest BCUT2D eigenvalue weighted by Crippen LogP contribution is -2.39. The lowest BCUT2D eigenvalue weighted by molar-refractivity contribution is 0.379. The third-order valence-corrected chi connectivity index (χ3v) is 3.10. The molecule has 1 N–H and O–H groups in total. The molecule has 2 heteroatoms. The van der Waals surface area contributed by atoms with Crippen LogP contribution in [-0.2, 0) is 6.42 Å². The molecule has 0 aliphatic heterocycles. The van der Waals surface area contributed by atoms with Crippen molar-refractivity contribution in [1.82, 2.24) is 5.32 Å². The Balaban J connectivity index is 2.68. The number of aryl methyl sites for hydroxylation is 2. The highest BCUT2D eigenvalue weighted by molar-refractivity contribution is 5.32.